The summed E-state index contributed by atoms with van der Waals surface area (Å²) in [7, 11) is 0. The molecule has 0 spiro atoms. The van der Waals surface area contributed by atoms with E-state index in [0.29, 0.717) is 11.0 Å². The third-order valence-corrected chi connectivity index (χ3v) is 5.76. The minimum Gasteiger partial charge on any atom is -0.306 e. The van der Waals surface area contributed by atoms with Crippen molar-refractivity contribution in [2.75, 3.05) is 23.4 Å². The first-order valence-corrected chi connectivity index (χ1v) is 10.7. The Morgan fingerprint density at radius 3 is 2.55 bits per heavy atom. The van der Waals surface area contributed by atoms with Crippen LogP contribution in [0.2, 0.25) is 5.15 Å². The van der Waals surface area contributed by atoms with Crippen molar-refractivity contribution in [3.8, 4) is 12.3 Å². The van der Waals surface area contributed by atoms with E-state index < -0.39 is 65.5 Å². The summed E-state index contributed by atoms with van der Waals surface area (Å²) in [5.41, 5.74) is -4.87. The van der Waals surface area contributed by atoms with Gasteiger partial charge in [0.25, 0.3) is 5.91 Å². The molecule has 4 rings (SSSR count). The topological polar surface area (TPSA) is 114 Å². The highest BCUT2D eigenvalue weighted by Crippen LogP contribution is 2.50. The van der Waals surface area contributed by atoms with Crippen molar-refractivity contribution in [1.29, 1.82) is 0 Å². The van der Waals surface area contributed by atoms with Gasteiger partial charge in [0.2, 0.25) is 0 Å². The summed E-state index contributed by atoms with van der Waals surface area (Å²) in [6.07, 6.45) is -3.32. The molecule has 0 aromatic carbocycles. The first kappa shape index (κ1) is 26.9. The van der Waals surface area contributed by atoms with Crippen LogP contribution in [0.15, 0.2) is 24.5 Å². The molecular formula is C21H14ClF6N7O3. The van der Waals surface area contributed by atoms with E-state index in [2.05, 4.69) is 25.2 Å². The zero-order chi connectivity index (χ0) is 28.0. The van der Waals surface area contributed by atoms with Crippen LogP contribution >= 0.6 is 11.6 Å². The van der Waals surface area contributed by atoms with Crippen LogP contribution in [-0.4, -0.2) is 50.8 Å². The monoisotopic (exact) mass is 561 g/mol. The summed E-state index contributed by atoms with van der Waals surface area (Å²) in [4.78, 5) is 37.6. The Kier molecular flexibility index (Phi) is 6.62. The Hall–Kier alpha value is -4.10. The lowest BCUT2D eigenvalue weighted by molar-refractivity contribution is -0.181. The van der Waals surface area contributed by atoms with Crippen molar-refractivity contribution in [1.82, 2.24) is 25.1 Å². The SMILES string of the molecule is C#CCONC(=O)c1ncc(NC(=O)N2C[C@@](C)(C(F)(F)F)c3c2cnc2cc(Cl)nn32)cc1C(F)(F)F. The zero-order valence-electron chi connectivity index (χ0n) is 18.9. The molecule has 3 amide bonds. The Morgan fingerprint density at radius 2 is 1.92 bits per heavy atom. The highest BCUT2D eigenvalue weighted by molar-refractivity contribution is 6.29. The number of hydrogen-bond acceptors (Lipinski definition) is 6. The van der Waals surface area contributed by atoms with Gasteiger partial charge < -0.3 is 5.32 Å². The number of carbonyl (C=O) groups excluding carboxylic acids is 2. The molecule has 10 nitrogen and oxygen atoms in total. The van der Waals surface area contributed by atoms with Crippen LogP contribution in [-0.2, 0) is 16.4 Å². The number of halogens is 7. The number of fused-ring (bicyclic) bond motifs is 3. The third-order valence-electron chi connectivity index (χ3n) is 5.57. The minimum absolute atomic E-state index is 0.00871. The predicted octanol–water partition coefficient (Wildman–Crippen LogP) is 3.96. The largest absolute Gasteiger partial charge is 0.418 e. The number of nitrogens with one attached hydrogen (secondary N) is 2. The van der Waals surface area contributed by atoms with Gasteiger partial charge in [0.15, 0.2) is 10.8 Å². The number of nitrogens with zero attached hydrogens (tertiary/aromatic N) is 5. The second-order valence-corrected chi connectivity index (χ2v) is 8.50. The van der Waals surface area contributed by atoms with Crippen molar-refractivity contribution < 1.29 is 40.8 Å². The second-order valence-electron chi connectivity index (χ2n) is 8.12. The number of carbonyl (C=O) groups is 2. The molecule has 0 saturated carbocycles. The number of aromatic nitrogens is 4. The normalized spacial score (nSPS) is 17.3. The van der Waals surface area contributed by atoms with Gasteiger partial charge in [-0.2, -0.15) is 31.4 Å². The molecule has 200 valence electrons. The molecule has 0 unspecified atom stereocenters. The fourth-order valence-electron chi connectivity index (χ4n) is 3.80. The molecule has 3 aromatic heterocycles. The zero-order valence-corrected chi connectivity index (χ0v) is 19.7. The molecule has 1 aliphatic heterocycles. The molecule has 3 aromatic rings. The van der Waals surface area contributed by atoms with Crippen LogP contribution in [0.3, 0.4) is 0 Å². The van der Waals surface area contributed by atoms with Gasteiger partial charge in [-0.1, -0.05) is 17.5 Å². The Balaban J connectivity index is 1.69. The van der Waals surface area contributed by atoms with Crippen LogP contribution in [0.4, 0.5) is 42.5 Å². The van der Waals surface area contributed by atoms with Gasteiger partial charge in [0.1, 0.15) is 17.7 Å². The number of amides is 3. The molecular weight excluding hydrogens is 548 g/mol. The van der Waals surface area contributed by atoms with E-state index >= 15 is 0 Å². The van der Waals surface area contributed by atoms with Crippen LogP contribution in [0, 0.1) is 12.3 Å². The Labute approximate surface area is 213 Å². The van der Waals surface area contributed by atoms with Gasteiger partial charge in [-0.15, -0.1) is 6.42 Å². The minimum atomic E-state index is -5.10. The van der Waals surface area contributed by atoms with Gasteiger partial charge in [-0.25, -0.2) is 24.8 Å². The maximum atomic E-state index is 14.2. The van der Waals surface area contributed by atoms with Crippen molar-refractivity contribution in [2.45, 2.75) is 24.7 Å². The van der Waals surface area contributed by atoms with Gasteiger partial charge in [0, 0.05) is 12.6 Å². The van der Waals surface area contributed by atoms with Crippen LogP contribution in [0.25, 0.3) is 5.65 Å². The number of anilines is 2. The van der Waals surface area contributed by atoms with E-state index in [-0.39, 0.29) is 16.5 Å². The summed E-state index contributed by atoms with van der Waals surface area (Å²) < 4.78 is 84.3. The van der Waals surface area contributed by atoms with Crippen LogP contribution < -0.4 is 15.7 Å². The highest BCUT2D eigenvalue weighted by atomic mass is 35.5. The maximum absolute atomic E-state index is 14.2. The number of terminal acetylenes is 1. The third kappa shape index (κ3) is 4.65. The number of pyridine rings is 1. The fourth-order valence-corrected chi connectivity index (χ4v) is 3.98. The molecule has 1 atom stereocenters. The summed E-state index contributed by atoms with van der Waals surface area (Å²) in [6, 6.07) is 0.402. The average Bonchev–Trinajstić information content (AvgIpc) is 3.35. The summed E-state index contributed by atoms with van der Waals surface area (Å²) in [5, 5.41) is 5.77. The smallest absolute Gasteiger partial charge is 0.306 e. The van der Waals surface area contributed by atoms with Crippen molar-refractivity contribution >= 4 is 40.6 Å². The molecule has 38 heavy (non-hydrogen) atoms. The fraction of sp³-hybridized carbons (Fsp3) is 0.286. The van der Waals surface area contributed by atoms with Gasteiger partial charge in [-0.05, 0) is 13.0 Å². The molecule has 0 aliphatic carbocycles. The quantitative estimate of drug-likeness (QED) is 0.216. The Morgan fingerprint density at radius 1 is 1.21 bits per heavy atom. The summed E-state index contributed by atoms with van der Waals surface area (Å²) in [6.45, 7) is -0.531. The van der Waals surface area contributed by atoms with Crippen LogP contribution in [0.1, 0.15) is 28.7 Å². The molecule has 0 bridgehead atoms. The van der Waals surface area contributed by atoms with Gasteiger partial charge >= 0.3 is 18.4 Å². The van der Waals surface area contributed by atoms with Gasteiger partial charge in [-0.3, -0.25) is 14.5 Å². The predicted molar refractivity (Wildman–Crippen MR) is 119 cm³/mol. The van der Waals surface area contributed by atoms with E-state index in [4.69, 9.17) is 18.0 Å². The van der Waals surface area contributed by atoms with E-state index in [9.17, 15) is 35.9 Å². The standard InChI is InChI=1S/C21H14ClF6N7O3/c1-3-4-38-33-17(36)15-11(20(23,24)25)5-10(7-30-15)31-18(37)34-9-19(2,21(26,27)28)16-12(34)8-29-14-6-13(22)32-35(14)16/h1,5-8H,4,9H2,2H3,(H,31,37)(H,33,36)/t19-/m1/s1. The van der Waals surface area contributed by atoms with Crippen molar-refractivity contribution in [2.24, 2.45) is 0 Å². The van der Waals surface area contributed by atoms with E-state index in [1.54, 1.807) is 5.48 Å². The van der Waals surface area contributed by atoms with Crippen molar-refractivity contribution in [3.63, 3.8) is 0 Å². The van der Waals surface area contributed by atoms with Crippen molar-refractivity contribution in [3.05, 3.63) is 46.6 Å². The first-order valence-electron chi connectivity index (χ1n) is 10.3. The van der Waals surface area contributed by atoms with E-state index in [0.717, 1.165) is 23.8 Å². The van der Waals surface area contributed by atoms with Gasteiger partial charge in [0.05, 0.1) is 35.0 Å². The van der Waals surface area contributed by atoms with E-state index in [1.165, 1.54) is 6.07 Å². The molecule has 2 N–H and O–H groups in total. The van der Waals surface area contributed by atoms with E-state index in [1.807, 2.05) is 5.92 Å². The Bertz CT molecular complexity index is 1480. The molecule has 4 heterocycles. The summed E-state index contributed by atoms with van der Waals surface area (Å²) in [5.74, 6) is 0.624. The second kappa shape index (κ2) is 9.33. The molecule has 0 fully saturated rings. The maximum Gasteiger partial charge on any atom is 0.418 e. The lowest BCUT2D eigenvalue weighted by Crippen LogP contribution is -2.46. The number of hydroxylamine groups is 1. The summed E-state index contributed by atoms with van der Waals surface area (Å²) >= 11 is 5.83. The number of alkyl halides is 6. The molecule has 0 saturated heterocycles. The molecule has 17 heteroatoms. The number of urea groups is 1. The van der Waals surface area contributed by atoms with Crippen LogP contribution in [0.5, 0.6) is 0 Å². The number of hydrogen-bond donors (Lipinski definition) is 2. The molecule has 0 radical (unpaired) electrons. The molecule has 1 aliphatic rings. The average molecular weight is 562 g/mol. The number of rotatable bonds is 4. The lowest BCUT2D eigenvalue weighted by atomic mass is 9.88. The lowest BCUT2D eigenvalue weighted by Gasteiger charge is -2.28. The highest BCUT2D eigenvalue weighted by Gasteiger charge is 2.60. The first-order chi connectivity index (χ1) is 17.7.